The second kappa shape index (κ2) is 5.81. The molecule has 2 aromatic rings. The van der Waals surface area contributed by atoms with Crippen LogP contribution in [0, 0.1) is 0 Å². The van der Waals surface area contributed by atoms with E-state index in [0.717, 1.165) is 33.5 Å². The Morgan fingerprint density at radius 2 is 1.80 bits per heavy atom. The predicted molar refractivity (Wildman–Crippen MR) is 97.0 cm³/mol. The van der Waals surface area contributed by atoms with Crippen LogP contribution in [0.2, 0.25) is 0 Å². The van der Waals surface area contributed by atoms with Gasteiger partial charge in [0, 0.05) is 29.3 Å². The molecule has 0 bridgehead atoms. The zero-order valence-corrected chi connectivity index (χ0v) is 15.2. The van der Waals surface area contributed by atoms with Crippen molar-refractivity contribution in [2.75, 3.05) is 18.5 Å². The van der Waals surface area contributed by atoms with Gasteiger partial charge in [-0.25, -0.2) is 0 Å². The predicted octanol–water partition coefficient (Wildman–Crippen LogP) is 3.27. The molecule has 0 aromatic heterocycles. The lowest BCUT2D eigenvalue weighted by atomic mass is 9.99. The van der Waals surface area contributed by atoms with Gasteiger partial charge in [0.25, 0.3) is 17.7 Å². The molecule has 5 nitrogen and oxygen atoms in total. The van der Waals surface area contributed by atoms with Crippen LogP contribution in [0.3, 0.4) is 0 Å². The number of imide groups is 1. The minimum absolute atomic E-state index is 0.152. The molecule has 3 amide bonds. The molecular formula is C19H15BrN2O3. The largest absolute Gasteiger partial charge is 0.308 e. The molecule has 0 radical (unpaired) electrons. The third-order valence-corrected chi connectivity index (χ3v) is 5.24. The zero-order chi connectivity index (χ0) is 17.7. The summed E-state index contributed by atoms with van der Waals surface area (Å²) in [4.78, 5) is 40.0. The smallest absolute Gasteiger partial charge is 0.261 e. The Bertz CT molecular complexity index is 938. The molecule has 0 saturated carbocycles. The van der Waals surface area contributed by atoms with Crippen molar-refractivity contribution < 1.29 is 14.4 Å². The van der Waals surface area contributed by atoms with Crippen molar-refractivity contribution in [1.29, 1.82) is 0 Å². The molecule has 0 atom stereocenters. The van der Waals surface area contributed by atoms with Gasteiger partial charge in [0.2, 0.25) is 0 Å². The second-order valence-electron chi connectivity index (χ2n) is 6.26. The van der Waals surface area contributed by atoms with Gasteiger partial charge in [0.05, 0.1) is 11.1 Å². The van der Waals surface area contributed by atoms with E-state index in [-0.39, 0.29) is 17.7 Å². The SMILES string of the molecule is CN1C(=O)c2ccc(C(=O)N3CCCc4cc(Br)ccc43)cc2C1=O. The number of nitrogens with zero attached hydrogens (tertiary/aromatic N) is 2. The Hall–Kier alpha value is -2.47. The summed E-state index contributed by atoms with van der Waals surface area (Å²) in [6, 6.07) is 10.6. The lowest BCUT2D eigenvalue weighted by Gasteiger charge is -2.29. The number of anilines is 1. The Labute approximate surface area is 153 Å². The van der Waals surface area contributed by atoms with Gasteiger partial charge in [-0.2, -0.15) is 0 Å². The number of benzene rings is 2. The highest BCUT2D eigenvalue weighted by Crippen LogP contribution is 2.31. The van der Waals surface area contributed by atoms with E-state index in [9.17, 15) is 14.4 Å². The van der Waals surface area contributed by atoms with Gasteiger partial charge in [-0.15, -0.1) is 0 Å². The maximum Gasteiger partial charge on any atom is 0.261 e. The number of carbonyl (C=O) groups excluding carboxylic acids is 3. The molecular weight excluding hydrogens is 384 g/mol. The molecule has 2 heterocycles. The summed E-state index contributed by atoms with van der Waals surface area (Å²) < 4.78 is 0.991. The number of aryl methyl sites for hydroxylation is 1. The van der Waals surface area contributed by atoms with Crippen molar-refractivity contribution in [3.8, 4) is 0 Å². The van der Waals surface area contributed by atoms with Crippen LogP contribution >= 0.6 is 15.9 Å². The van der Waals surface area contributed by atoms with E-state index in [1.165, 1.54) is 13.1 Å². The Morgan fingerprint density at radius 3 is 2.60 bits per heavy atom. The molecule has 0 N–H and O–H groups in total. The van der Waals surface area contributed by atoms with E-state index in [4.69, 9.17) is 0 Å². The first kappa shape index (κ1) is 16.0. The highest BCUT2D eigenvalue weighted by atomic mass is 79.9. The highest BCUT2D eigenvalue weighted by Gasteiger charge is 2.34. The molecule has 2 aliphatic heterocycles. The third kappa shape index (κ3) is 2.48. The molecule has 126 valence electrons. The number of amides is 3. The minimum Gasteiger partial charge on any atom is -0.308 e. The van der Waals surface area contributed by atoms with Gasteiger partial charge in [0.15, 0.2) is 0 Å². The van der Waals surface area contributed by atoms with E-state index < -0.39 is 0 Å². The number of carbonyl (C=O) groups is 3. The van der Waals surface area contributed by atoms with Gasteiger partial charge in [-0.05, 0) is 54.8 Å². The first-order valence-corrected chi connectivity index (χ1v) is 8.83. The van der Waals surface area contributed by atoms with Crippen molar-refractivity contribution in [2.45, 2.75) is 12.8 Å². The first-order chi connectivity index (χ1) is 12.0. The maximum absolute atomic E-state index is 13.0. The monoisotopic (exact) mass is 398 g/mol. The van der Waals surface area contributed by atoms with Crippen LogP contribution in [-0.4, -0.2) is 36.2 Å². The van der Waals surface area contributed by atoms with Gasteiger partial charge in [0.1, 0.15) is 0 Å². The Balaban J connectivity index is 1.72. The average Bonchev–Trinajstić information content (AvgIpc) is 2.84. The van der Waals surface area contributed by atoms with Crippen LogP contribution in [0.4, 0.5) is 5.69 Å². The van der Waals surface area contributed by atoms with Crippen LogP contribution in [0.5, 0.6) is 0 Å². The molecule has 0 saturated heterocycles. The highest BCUT2D eigenvalue weighted by molar-refractivity contribution is 9.10. The Kier molecular flexibility index (Phi) is 3.72. The fraction of sp³-hybridized carbons (Fsp3) is 0.211. The standard InChI is InChI=1S/C19H15BrN2O3/c1-21-18(24)14-6-4-12(10-15(14)19(21)25)17(23)22-8-2-3-11-9-13(20)5-7-16(11)22/h4-7,9-10H,2-3,8H2,1H3. The van der Waals surface area contributed by atoms with E-state index in [2.05, 4.69) is 15.9 Å². The van der Waals surface area contributed by atoms with Crippen LogP contribution in [0.25, 0.3) is 0 Å². The number of hydrogen-bond donors (Lipinski definition) is 0. The number of rotatable bonds is 1. The van der Waals surface area contributed by atoms with Crippen molar-refractivity contribution in [1.82, 2.24) is 4.90 Å². The van der Waals surface area contributed by atoms with Crippen molar-refractivity contribution in [2.24, 2.45) is 0 Å². The fourth-order valence-electron chi connectivity index (χ4n) is 3.43. The third-order valence-electron chi connectivity index (χ3n) is 4.74. The summed E-state index contributed by atoms with van der Waals surface area (Å²) in [5.41, 5.74) is 3.10. The number of fused-ring (bicyclic) bond motifs is 2. The van der Waals surface area contributed by atoms with Gasteiger partial charge < -0.3 is 4.90 Å². The van der Waals surface area contributed by atoms with E-state index in [1.807, 2.05) is 18.2 Å². The Morgan fingerprint density at radius 1 is 1.04 bits per heavy atom. The van der Waals surface area contributed by atoms with Gasteiger partial charge >= 0.3 is 0 Å². The minimum atomic E-state index is -0.363. The molecule has 2 aromatic carbocycles. The fourth-order valence-corrected chi connectivity index (χ4v) is 3.84. The topological polar surface area (TPSA) is 57.7 Å². The van der Waals surface area contributed by atoms with Crippen molar-refractivity contribution in [3.63, 3.8) is 0 Å². The summed E-state index contributed by atoms with van der Waals surface area (Å²) in [5, 5.41) is 0. The normalized spacial score (nSPS) is 16.1. The van der Waals surface area contributed by atoms with E-state index >= 15 is 0 Å². The summed E-state index contributed by atoms with van der Waals surface area (Å²) in [6.45, 7) is 0.636. The molecule has 0 unspecified atom stereocenters. The van der Waals surface area contributed by atoms with Crippen LogP contribution in [0.15, 0.2) is 40.9 Å². The summed E-state index contributed by atoms with van der Waals surface area (Å²) in [6.07, 6.45) is 1.82. The summed E-state index contributed by atoms with van der Waals surface area (Å²) in [5.74, 6) is -0.842. The lowest BCUT2D eigenvalue weighted by molar-refractivity contribution is 0.0693. The zero-order valence-electron chi connectivity index (χ0n) is 13.6. The van der Waals surface area contributed by atoms with Crippen LogP contribution in [0.1, 0.15) is 43.1 Å². The van der Waals surface area contributed by atoms with Crippen molar-refractivity contribution in [3.05, 3.63) is 63.1 Å². The second-order valence-corrected chi connectivity index (χ2v) is 7.18. The molecule has 2 aliphatic rings. The molecule has 6 heteroatoms. The quantitative estimate of drug-likeness (QED) is 0.692. The molecule has 0 spiro atoms. The van der Waals surface area contributed by atoms with E-state index in [0.29, 0.717) is 23.2 Å². The molecule has 25 heavy (non-hydrogen) atoms. The number of hydrogen-bond acceptors (Lipinski definition) is 3. The molecule has 4 rings (SSSR count). The van der Waals surface area contributed by atoms with Gasteiger partial charge in [-0.3, -0.25) is 19.3 Å². The summed E-state index contributed by atoms with van der Waals surface area (Å²) in [7, 11) is 1.45. The van der Waals surface area contributed by atoms with Crippen LogP contribution in [-0.2, 0) is 6.42 Å². The average molecular weight is 399 g/mol. The summed E-state index contributed by atoms with van der Waals surface area (Å²) >= 11 is 3.47. The number of halogens is 1. The maximum atomic E-state index is 13.0. The van der Waals surface area contributed by atoms with E-state index in [1.54, 1.807) is 17.0 Å². The molecule has 0 aliphatic carbocycles. The van der Waals surface area contributed by atoms with Crippen molar-refractivity contribution >= 4 is 39.3 Å². The van der Waals surface area contributed by atoms with Gasteiger partial charge in [-0.1, -0.05) is 15.9 Å². The first-order valence-electron chi connectivity index (χ1n) is 8.04. The molecule has 0 fully saturated rings. The van der Waals surface area contributed by atoms with Crippen LogP contribution < -0.4 is 4.90 Å². The lowest BCUT2D eigenvalue weighted by Crippen LogP contribution is -2.35.